The van der Waals surface area contributed by atoms with Crippen LogP contribution in [0.15, 0.2) is 0 Å². The standard InChI is InChI=1S/C10H16O/c1-9(2)6-4-5-10(3)8(11-10)7(6)9/h6-8H,4-5H2,1-3H3/t6-,7-,8+,10-/m1/s1. The van der Waals surface area contributed by atoms with Crippen LogP contribution in [0.2, 0.25) is 0 Å². The summed E-state index contributed by atoms with van der Waals surface area (Å²) in [5.41, 5.74) is 0.924. The van der Waals surface area contributed by atoms with Gasteiger partial charge in [-0.15, -0.1) is 0 Å². The van der Waals surface area contributed by atoms with Gasteiger partial charge in [0.1, 0.15) is 0 Å². The fourth-order valence-corrected chi connectivity index (χ4v) is 3.29. The Morgan fingerprint density at radius 1 is 1.27 bits per heavy atom. The lowest BCUT2D eigenvalue weighted by Gasteiger charge is -2.09. The molecular formula is C10H16O. The lowest BCUT2D eigenvalue weighted by Crippen LogP contribution is -2.16. The summed E-state index contributed by atoms with van der Waals surface area (Å²) in [6, 6.07) is 0. The first-order valence-corrected chi connectivity index (χ1v) is 4.73. The van der Waals surface area contributed by atoms with E-state index in [2.05, 4.69) is 20.8 Å². The van der Waals surface area contributed by atoms with Crippen molar-refractivity contribution in [2.45, 2.75) is 45.3 Å². The summed E-state index contributed by atoms with van der Waals surface area (Å²) in [7, 11) is 0. The first-order valence-electron chi connectivity index (χ1n) is 4.73. The molecule has 62 valence electrons. The molecule has 3 fully saturated rings. The molecule has 1 nitrogen and oxygen atoms in total. The van der Waals surface area contributed by atoms with E-state index >= 15 is 0 Å². The second-order valence-electron chi connectivity index (χ2n) is 5.34. The highest BCUT2D eigenvalue weighted by atomic mass is 16.6. The molecule has 0 amide bonds. The van der Waals surface area contributed by atoms with E-state index in [-0.39, 0.29) is 0 Å². The van der Waals surface area contributed by atoms with E-state index in [1.165, 1.54) is 12.8 Å². The summed E-state index contributed by atoms with van der Waals surface area (Å²) in [4.78, 5) is 0. The maximum atomic E-state index is 5.75. The van der Waals surface area contributed by atoms with Gasteiger partial charge in [-0.3, -0.25) is 0 Å². The Morgan fingerprint density at radius 2 is 2.00 bits per heavy atom. The van der Waals surface area contributed by atoms with Gasteiger partial charge in [-0.05, 0) is 37.0 Å². The lowest BCUT2D eigenvalue weighted by atomic mass is 9.91. The maximum absolute atomic E-state index is 5.75. The molecule has 1 saturated heterocycles. The molecule has 0 aromatic rings. The Morgan fingerprint density at radius 3 is 2.64 bits per heavy atom. The van der Waals surface area contributed by atoms with Gasteiger partial charge < -0.3 is 4.74 Å². The third-order valence-corrected chi connectivity index (χ3v) is 4.36. The van der Waals surface area contributed by atoms with E-state index in [0.29, 0.717) is 17.1 Å². The van der Waals surface area contributed by atoms with Crippen molar-refractivity contribution in [3.8, 4) is 0 Å². The molecule has 3 aliphatic rings. The second kappa shape index (κ2) is 1.39. The molecule has 0 aromatic carbocycles. The minimum atomic E-state index is 0.314. The van der Waals surface area contributed by atoms with E-state index in [0.717, 1.165) is 11.8 Å². The minimum Gasteiger partial charge on any atom is -0.366 e. The number of fused-ring (bicyclic) bond motifs is 3. The predicted octanol–water partition coefficient (Wildman–Crippen LogP) is 2.21. The molecule has 1 aliphatic heterocycles. The average Bonchev–Trinajstić information content (AvgIpc) is 2.69. The van der Waals surface area contributed by atoms with E-state index < -0.39 is 0 Å². The van der Waals surface area contributed by atoms with Crippen LogP contribution >= 0.6 is 0 Å². The molecule has 2 saturated carbocycles. The number of ether oxygens (including phenoxy) is 1. The predicted molar refractivity (Wildman–Crippen MR) is 43.3 cm³/mol. The molecule has 1 heteroatoms. The Kier molecular flexibility index (Phi) is 0.820. The molecule has 0 radical (unpaired) electrons. The Labute approximate surface area is 68.1 Å². The van der Waals surface area contributed by atoms with Crippen molar-refractivity contribution in [2.75, 3.05) is 0 Å². The molecule has 0 N–H and O–H groups in total. The molecule has 0 unspecified atom stereocenters. The summed E-state index contributed by atoms with van der Waals surface area (Å²) < 4.78 is 5.75. The number of hydrogen-bond acceptors (Lipinski definition) is 1. The molecule has 1 heterocycles. The third kappa shape index (κ3) is 0.581. The van der Waals surface area contributed by atoms with Crippen LogP contribution < -0.4 is 0 Å². The number of rotatable bonds is 0. The topological polar surface area (TPSA) is 12.5 Å². The van der Waals surface area contributed by atoms with E-state index in [9.17, 15) is 0 Å². The van der Waals surface area contributed by atoms with Crippen LogP contribution in [0.1, 0.15) is 33.6 Å². The molecule has 11 heavy (non-hydrogen) atoms. The Bertz CT molecular complexity index is 221. The SMILES string of the molecule is CC1(C)[C@@H]2[C@H]1CC[C@@]1(C)O[C@@H]21. The van der Waals surface area contributed by atoms with E-state index in [1.807, 2.05) is 0 Å². The summed E-state index contributed by atoms with van der Waals surface area (Å²) in [5, 5.41) is 0. The average molecular weight is 152 g/mol. The Hall–Kier alpha value is -0.0400. The van der Waals surface area contributed by atoms with Gasteiger partial charge in [-0.1, -0.05) is 13.8 Å². The van der Waals surface area contributed by atoms with Crippen LogP contribution in [0.4, 0.5) is 0 Å². The molecule has 4 atom stereocenters. The van der Waals surface area contributed by atoms with Gasteiger partial charge in [0.05, 0.1) is 11.7 Å². The summed E-state index contributed by atoms with van der Waals surface area (Å²) in [6.45, 7) is 7.08. The number of hydrogen-bond donors (Lipinski definition) is 0. The van der Waals surface area contributed by atoms with Crippen molar-refractivity contribution in [1.82, 2.24) is 0 Å². The van der Waals surface area contributed by atoms with E-state index in [4.69, 9.17) is 4.74 Å². The largest absolute Gasteiger partial charge is 0.366 e. The van der Waals surface area contributed by atoms with Crippen LogP contribution in [-0.2, 0) is 4.74 Å². The first kappa shape index (κ1) is 6.47. The smallest absolute Gasteiger partial charge is 0.0923 e. The number of epoxide rings is 1. The van der Waals surface area contributed by atoms with Gasteiger partial charge in [0.2, 0.25) is 0 Å². The van der Waals surface area contributed by atoms with Crippen LogP contribution in [-0.4, -0.2) is 11.7 Å². The zero-order valence-electron chi connectivity index (χ0n) is 7.55. The van der Waals surface area contributed by atoms with Crippen LogP contribution in [0.5, 0.6) is 0 Å². The fourth-order valence-electron chi connectivity index (χ4n) is 3.29. The fraction of sp³-hybridized carbons (Fsp3) is 1.00. The van der Waals surface area contributed by atoms with Gasteiger partial charge in [-0.25, -0.2) is 0 Å². The zero-order chi connectivity index (χ0) is 7.85. The van der Waals surface area contributed by atoms with Crippen LogP contribution in [0.3, 0.4) is 0 Å². The molecule has 2 aliphatic carbocycles. The molecule has 0 spiro atoms. The first-order chi connectivity index (χ1) is 5.06. The second-order valence-corrected chi connectivity index (χ2v) is 5.34. The van der Waals surface area contributed by atoms with Crippen LogP contribution in [0.25, 0.3) is 0 Å². The lowest BCUT2D eigenvalue weighted by molar-refractivity contribution is 0.286. The van der Waals surface area contributed by atoms with E-state index in [1.54, 1.807) is 0 Å². The highest BCUT2D eigenvalue weighted by Gasteiger charge is 2.74. The van der Waals surface area contributed by atoms with Crippen molar-refractivity contribution in [3.63, 3.8) is 0 Å². The monoisotopic (exact) mass is 152 g/mol. The Balaban J connectivity index is 1.90. The van der Waals surface area contributed by atoms with Crippen molar-refractivity contribution >= 4 is 0 Å². The van der Waals surface area contributed by atoms with Gasteiger partial charge in [-0.2, -0.15) is 0 Å². The summed E-state index contributed by atoms with van der Waals surface area (Å²) in [6.07, 6.45) is 3.35. The summed E-state index contributed by atoms with van der Waals surface area (Å²) >= 11 is 0. The van der Waals surface area contributed by atoms with Crippen molar-refractivity contribution in [3.05, 3.63) is 0 Å². The van der Waals surface area contributed by atoms with Gasteiger partial charge in [0.25, 0.3) is 0 Å². The van der Waals surface area contributed by atoms with Crippen molar-refractivity contribution in [2.24, 2.45) is 17.3 Å². The maximum Gasteiger partial charge on any atom is 0.0923 e. The van der Waals surface area contributed by atoms with Gasteiger partial charge >= 0.3 is 0 Å². The summed E-state index contributed by atoms with van der Waals surface area (Å²) in [5.74, 6) is 1.89. The normalized spacial score (nSPS) is 63.0. The molecule has 0 bridgehead atoms. The molecular weight excluding hydrogens is 136 g/mol. The van der Waals surface area contributed by atoms with Crippen molar-refractivity contribution < 1.29 is 4.74 Å². The third-order valence-electron chi connectivity index (χ3n) is 4.36. The van der Waals surface area contributed by atoms with Gasteiger partial charge in [0.15, 0.2) is 0 Å². The van der Waals surface area contributed by atoms with Crippen molar-refractivity contribution in [1.29, 1.82) is 0 Å². The molecule has 3 rings (SSSR count). The minimum absolute atomic E-state index is 0.314. The highest BCUT2D eigenvalue weighted by molar-refractivity contribution is 5.21. The quantitative estimate of drug-likeness (QED) is 0.485. The zero-order valence-corrected chi connectivity index (χ0v) is 7.55. The highest BCUT2D eigenvalue weighted by Crippen LogP contribution is 2.72. The molecule has 0 aromatic heterocycles. The van der Waals surface area contributed by atoms with Crippen LogP contribution in [0, 0.1) is 17.3 Å². The van der Waals surface area contributed by atoms with Gasteiger partial charge in [0, 0.05) is 0 Å².